The topological polar surface area (TPSA) is 51.2 Å². The quantitative estimate of drug-likeness (QED) is 0.611. The van der Waals surface area contributed by atoms with Gasteiger partial charge in [0.2, 0.25) is 0 Å². The van der Waals surface area contributed by atoms with Crippen molar-refractivity contribution in [3.63, 3.8) is 0 Å². The van der Waals surface area contributed by atoms with Crippen molar-refractivity contribution in [3.8, 4) is 0 Å². The van der Waals surface area contributed by atoms with E-state index in [1.807, 2.05) is 12.1 Å². The Labute approximate surface area is 94.8 Å². The van der Waals surface area contributed by atoms with Crippen LogP contribution in [-0.4, -0.2) is 11.5 Å². The third-order valence-corrected chi connectivity index (χ3v) is 4.05. The fraction of sp³-hybridized carbons (Fsp3) is 0.636. The van der Waals surface area contributed by atoms with Crippen molar-refractivity contribution >= 4 is 11.8 Å². The second-order valence-electron chi connectivity index (χ2n) is 4.03. The zero-order valence-corrected chi connectivity index (χ0v) is 9.63. The fourth-order valence-corrected chi connectivity index (χ4v) is 3.28. The molecule has 1 aromatic rings. The van der Waals surface area contributed by atoms with E-state index in [0.29, 0.717) is 0 Å². The lowest BCUT2D eigenvalue weighted by Gasteiger charge is -2.24. The maximum atomic E-state index is 5.57. The number of nitrogens with two attached hydrogens (primary N) is 1. The first-order chi connectivity index (χ1) is 7.40. The van der Waals surface area contributed by atoms with Gasteiger partial charge in [0.05, 0.1) is 12.3 Å². The van der Waals surface area contributed by atoms with Crippen LogP contribution in [0.15, 0.2) is 22.8 Å². The Morgan fingerprint density at radius 1 is 1.53 bits per heavy atom. The molecule has 15 heavy (non-hydrogen) atoms. The number of rotatable bonds is 4. The summed E-state index contributed by atoms with van der Waals surface area (Å²) < 4.78 is 5.38. The maximum absolute atomic E-state index is 5.57. The summed E-state index contributed by atoms with van der Waals surface area (Å²) in [5.41, 5.74) is 2.85. The zero-order valence-electron chi connectivity index (χ0n) is 8.82. The predicted molar refractivity (Wildman–Crippen MR) is 63.4 cm³/mol. The van der Waals surface area contributed by atoms with E-state index in [2.05, 4.69) is 17.2 Å². The van der Waals surface area contributed by atoms with Crippen LogP contribution in [0.1, 0.15) is 31.1 Å². The molecule has 0 radical (unpaired) electrons. The maximum Gasteiger partial charge on any atom is 0.122 e. The summed E-state index contributed by atoms with van der Waals surface area (Å²) >= 11 is 2.06. The first-order valence-corrected chi connectivity index (χ1v) is 6.63. The molecule has 0 aromatic carbocycles. The van der Waals surface area contributed by atoms with E-state index < -0.39 is 0 Å². The highest BCUT2D eigenvalue weighted by Crippen LogP contribution is 2.30. The number of furan rings is 1. The van der Waals surface area contributed by atoms with Gasteiger partial charge in [-0.3, -0.25) is 5.84 Å². The van der Waals surface area contributed by atoms with Gasteiger partial charge in [-0.15, -0.1) is 0 Å². The molecule has 2 rings (SSSR count). The number of nitrogens with one attached hydrogen (secondary N) is 1. The minimum atomic E-state index is 0.174. The Balaban J connectivity index is 1.90. The summed E-state index contributed by atoms with van der Waals surface area (Å²) in [5, 5.41) is 0. The highest BCUT2D eigenvalue weighted by molar-refractivity contribution is 7.99. The minimum Gasteiger partial charge on any atom is -0.468 e. The van der Waals surface area contributed by atoms with Crippen molar-refractivity contribution in [1.29, 1.82) is 0 Å². The Bertz CT molecular complexity index is 270. The molecular formula is C11H18N2OS. The van der Waals surface area contributed by atoms with Crippen LogP contribution in [0, 0.1) is 5.92 Å². The van der Waals surface area contributed by atoms with Crippen LogP contribution in [0.5, 0.6) is 0 Å². The molecule has 3 nitrogen and oxygen atoms in total. The average Bonchev–Trinajstić information content (AvgIpc) is 2.81. The molecule has 4 heteroatoms. The minimum absolute atomic E-state index is 0.174. The third-order valence-electron chi connectivity index (χ3n) is 3.00. The van der Waals surface area contributed by atoms with Gasteiger partial charge in [0.15, 0.2) is 0 Å². The molecule has 1 unspecified atom stereocenters. The Morgan fingerprint density at radius 3 is 2.93 bits per heavy atom. The lowest BCUT2D eigenvalue weighted by molar-refractivity contribution is 0.331. The largest absolute Gasteiger partial charge is 0.468 e. The van der Waals surface area contributed by atoms with E-state index in [-0.39, 0.29) is 6.04 Å². The first-order valence-electron chi connectivity index (χ1n) is 5.47. The van der Waals surface area contributed by atoms with Crippen LogP contribution in [0.2, 0.25) is 0 Å². The van der Waals surface area contributed by atoms with Gasteiger partial charge in [-0.1, -0.05) is 0 Å². The number of hydrazine groups is 1. The average molecular weight is 226 g/mol. The highest BCUT2D eigenvalue weighted by Gasteiger charge is 2.20. The van der Waals surface area contributed by atoms with Crippen molar-refractivity contribution in [3.05, 3.63) is 24.2 Å². The van der Waals surface area contributed by atoms with Gasteiger partial charge in [0.25, 0.3) is 0 Å². The lowest BCUT2D eigenvalue weighted by Crippen LogP contribution is -2.30. The van der Waals surface area contributed by atoms with Crippen molar-refractivity contribution in [2.75, 3.05) is 11.5 Å². The van der Waals surface area contributed by atoms with Crippen LogP contribution in [-0.2, 0) is 0 Å². The van der Waals surface area contributed by atoms with E-state index in [0.717, 1.165) is 18.1 Å². The molecule has 0 spiro atoms. The Kier molecular flexibility index (Phi) is 4.11. The smallest absolute Gasteiger partial charge is 0.122 e. The molecule has 1 aliphatic rings. The summed E-state index contributed by atoms with van der Waals surface area (Å²) in [5.74, 6) is 9.89. The lowest BCUT2D eigenvalue weighted by atomic mass is 9.93. The summed E-state index contributed by atoms with van der Waals surface area (Å²) in [4.78, 5) is 0. The van der Waals surface area contributed by atoms with Gasteiger partial charge >= 0.3 is 0 Å². The second kappa shape index (κ2) is 5.58. The van der Waals surface area contributed by atoms with Crippen LogP contribution in [0.3, 0.4) is 0 Å². The second-order valence-corrected chi connectivity index (χ2v) is 5.25. The van der Waals surface area contributed by atoms with Gasteiger partial charge in [-0.05, 0) is 48.8 Å². The molecule has 0 bridgehead atoms. The normalized spacial score (nSPS) is 20.3. The van der Waals surface area contributed by atoms with Crippen LogP contribution < -0.4 is 11.3 Å². The van der Waals surface area contributed by atoms with Gasteiger partial charge in [-0.2, -0.15) is 11.8 Å². The summed E-state index contributed by atoms with van der Waals surface area (Å²) in [6.07, 6.45) is 5.41. The fourth-order valence-electron chi connectivity index (χ4n) is 2.07. The summed E-state index contributed by atoms with van der Waals surface area (Å²) in [6.45, 7) is 0. The monoisotopic (exact) mass is 226 g/mol. The van der Waals surface area contributed by atoms with Gasteiger partial charge < -0.3 is 4.42 Å². The van der Waals surface area contributed by atoms with E-state index in [4.69, 9.17) is 10.3 Å². The highest BCUT2D eigenvalue weighted by atomic mass is 32.2. The summed E-state index contributed by atoms with van der Waals surface area (Å²) in [7, 11) is 0. The van der Waals surface area contributed by atoms with Crippen molar-refractivity contribution in [2.45, 2.75) is 25.3 Å². The molecule has 1 aromatic heterocycles. The van der Waals surface area contributed by atoms with E-state index in [9.17, 15) is 0 Å². The number of thioether (sulfide) groups is 1. The standard InChI is InChI=1S/C11H18N2OS/c12-13-10(11-2-1-5-14-11)8-9-3-6-15-7-4-9/h1-2,5,9-10,13H,3-4,6-8,12H2. The third kappa shape index (κ3) is 3.00. The zero-order chi connectivity index (χ0) is 10.5. The molecule has 2 heterocycles. The van der Waals surface area contributed by atoms with E-state index in [1.54, 1.807) is 6.26 Å². The van der Waals surface area contributed by atoms with Crippen LogP contribution >= 0.6 is 11.8 Å². The van der Waals surface area contributed by atoms with Gasteiger partial charge in [-0.25, -0.2) is 5.43 Å². The SMILES string of the molecule is NNC(CC1CCSCC1)c1ccco1. The molecule has 1 aliphatic heterocycles. The molecule has 0 aliphatic carbocycles. The van der Waals surface area contributed by atoms with Crippen molar-refractivity contribution in [2.24, 2.45) is 11.8 Å². The Morgan fingerprint density at radius 2 is 2.33 bits per heavy atom. The number of hydrogen-bond donors (Lipinski definition) is 2. The van der Waals surface area contributed by atoms with Crippen molar-refractivity contribution < 1.29 is 4.42 Å². The van der Waals surface area contributed by atoms with Gasteiger partial charge in [0.1, 0.15) is 5.76 Å². The molecular weight excluding hydrogens is 208 g/mol. The van der Waals surface area contributed by atoms with Gasteiger partial charge in [0, 0.05) is 0 Å². The Hall–Kier alpha value is -0.450. The molecule has 1 atom stereocenters. The van der Waals surface area contributed by atoms with Crippen LogP contribution in [0.25, 0.3) is 0 Å². The predicted octanol–water partition coefficient (Wildman–Crippen LogP) is 2.32. The first kappa shape index (κ1) is 11.0. The molecule has 1 fully saturated rings. The molecule has 0 saturated carbocycles. The van der Waals surface area contributed by atoms with Crippen LogP contribution in [0.4, 0.5) is 0 Å². The van der Waals surface area contributed by atoms with E-state index in [1.165, 1.54) is 24.3 Å². The van der Waals surface area contributed by atoms with Crippen molar-refractivity contribution in [1.82, 2.24) is 5.43 Å². The molecule has 0 amide bonds. The molecule has 1 saturated heterocycles. The number of hydrogen-bond acceptors (Lipinski definition) is 4. The van der Waals surface area contributed by atoms with E-state index >= 15 is 0 Å². The molecule has 84 valence electrons. The molecule has 3 N–H and O–H groups in total. The summed E-state index contributed by atoms with van der Waals surface area (Å²) in [6, 6.07) is 4.08.